The first kappa shape index (κ1) is 12.4. The fraction of sp³-hybridized carbons (Fsp3) is 0.500. The molecule has 1 fully saturated rings. The number of rotatable bonds is 2. The molecule has 2 N–H and O–H groups in total. The second-order valence-electron chi connectivity index (χ2n) is 4.42. The molecule has 4 nitrogen and oxygen atoms in total. The minimum atomic E-state index is -2.96. The average Bonchev–Trinajstić information content (AvgIpc) is 2.28. The van der Waals surface area contributed by atoms with Gasteiger partial charge in [0.1, 0.15) is 5.75 Å². The normalized spacial score (nSPS) is 27.6. The van der Waals surface area contributed by atoms with Crippen LogP contribution in [-0.4, -0.2) is 33.1 Å². The maximum atomic E-state index is 11.5. The summed E-state index contributed by atoms with van der Waals surface area (Å²) in [5.41, 5.74) is 6.99. The topological polar surface area (TPSA) is 69.4 Å². The Morgan fingerprint density at radius 1 is 1.35 bits per heavy atom. The summed E-state index contributed by atoms with van der Waals surface area (Å²) in [6, 6.07) is 7.32. The smallest absolute Gasteiger partial charge is 0.151 e. The van der Waals surface area contributed by atoms with Crippen molar-refractivity contribution in [1.29, 1.82) is 0 Å². The van der Waals surface area contributed by atoms with Crippen molar-refractivity contribution in [1.82, 2.24) is 0 Å². The molecule has 0 spiro atoms. The van der Waals surface area contributed by atoms with Gasteiger partial charge in [-0.1, -0.05) is 18.2 Å². The van der Waals surface area contributed by atoms with Crippen molar-refractivity contribution in [3.05, 3.63) is 29.8 Å². The molecule has 2 atom stereocenters. The second kappa shape index (κ2) is 4.66. The molecule has 2 unspecified atom stereocenters. The Morgan fingerprint density at radius 2 is 2.06 bits per heavy atom. The molecule has 0 aromatic heterocycles. The molecule has 0 amide bonds. The third-order valence-electron chi connectivity index (χ3n) is 3.24. The molecule has 2 rings (SSSR count). The molecule has 0 radical (unpaired) electrons. The van der Waals surface area contributed by atoms with E-state index in [1.165, 1.54) is 0 Å². The highest BCUT2D eigenvalue weighted by Crippen LogP contribution is 2.34. The molecular weight excluding hydrogens is 238 g/mol. The second-order valence-corrected chi connectivity index (χ2v) is 6.64. The Balaban J connectivity index is 2.29. The van der Waals surface area contributed by atoms with Crippen LogP contribution in [0.4, 0.5) is 0 Å². The van der Waals surface area contributed by atoms with Crippen molar-refractivity contribution in [2.75, 3.05) is 18.6 Å². The summed E-state index contributed by atoms with van der Waals surface area (Å²) >= 11 is 0. The molecule has 17 heavy (non-hydrogen) atoms. The molecule has 1 aliphatic rings. The third kappa shape index (κ3) is 2.61. The van der Waals surface area contributed by atoms with Gasteiger partial charge in [-0.3, -0.25) is 0 Å². The summed E-state index contributed by atoms with van der Waals surface area (Å²) in [7, 11) is -1.34. The van der Waals surface area contributed by atoms with Crippen LogP contribution in [0, 0.1) is 0 Å². The Kier molecular flexibility index (Phi) is 3.40. The van der Waals surface area contributed by atoms with Gasteiger partial charge in [0.15, 0.2) is 9.84 Å². The number of hydrogen-bond acceptors (Lipinski definition) is 4. The Bertz CT molecular complexity index is 498. The van der Waals surface area contributed by atoms with Gasteiger partial charge >= 0.3 is 0 Å². The van der Waals surface area contributed by atoms with E-state index >= 15 is 0 Å². The number of ether oxygens (including phenoxy) is 1. The van der Waals surface area contributed by atoms with Crippen LogP contribution in [0.1, 0.15) is 17.9 Å². The Morgan fingerprint density at radius 3 is 2.71 bits per heavy atom. The van der Waals surface area contributed by atoms with E-state index in [1.807, 2.05) is 24.3 Å². The Labute approximate surface area is 102 Å². The highest BCUT2D eigenvalue weighted by Gasteiger charge is 2.32. The molecule has 1 aliphatic heterocycles. The lowest BCUT2D eigenvalue weighted by Crippen LogP contribution is -2.41. The van der Waals surface area contributed by atoms with Crippen LogP contribution in [0.5, 0.6) is 5.75 Å². The van der Waals surface area contributed by atoms with Crippen molar-refractivity contribution in [2.24, 2.45) is 5.73 Å². The molecule has 94 valence electrons. The van der Waals surface area contributed by atoms with E-state index in [4.69, 9.17) is 10.5 Å². The predicted octanol–water partition coefficient (Wildman–Crippen LogP) is 0.925. The molecule has 1 saturated heterocycles. The highest BCUT2D eigenvalue weighted by atomic mass is 32.2. The first-order valence-corrected chi connectivity index (χ1v) is 7.44. The van der Waals surface area contributed by atoms with Crippen LogP contribution in [0.3, 0.4) is 0 Å². The zero-order chi connectivity index (χ0) is 12.5. The number of sulfone groups is 1. The van der Waals surface area contributed by atoms with Gasteiger partial charge < -0.3 is 10.5 Å². The molecule has 0 bridgehead atoms. The van der Waals surface area contributed by atoms with Gasteiger partial charge in [0.2, 0.25) is 0 Å². The van der Waals surface area contributed by atoms with Gasteiger partial charge in [-0.15, -0.1) is 0 Å². The Hall–Kier alpha value is -1.07. The quantitative estimate of drug-likeness (QED) is 0.853. The minimum absolute atomic E-state index is 0.0645. The fourth-order valence-corrected chi connectivity index (χ4v) is 3.97. The standard InChI is InChI=1S/C12H17NO3S/c1-16-12-5-3-2-4-10(12)9-6-7-17(14,15)8-11(9)13/h2-5,9,11H,6-8,13H2,1H3. The van der Waals surface area contributed by atoms with Gasteiger partial charge in [0.25, 0.3) is 0 Å². The third-order valence-corrected chi connectivity index (χ3v) is 4.99. The summed E-state index contributed by atoms with van der Waals surface area (Å²) in [5, 5.41) is 0. The fourth-order valence-electron chi connectivity index (χ4n) is 2.37. The molecule has 0 saturated carbocycles. The van der Waals surface area contributed by atoms with Crippen molar-refractivity contribution in [2.45, 2.75) is 18.4 Å². The predicted molar refractivity (Wildman–Crippen MR) is 67.0 cm³/mol. The largest absolute Gasteiger partial charge is 0.496 e. The summed E-state index contributed by atoms with van der Waals surface area (Å²) < 4.78 is 28.3. The minimum Gasteiger partial charge on any atom is -0.496 e. The van der Waals surface area contributed by atoms with Crippen molar-refractivity contribution in [3.63, 3.8) is 0 Å². The van der Waals surface area contributed by atoms with E-state index in [9.17, 15) is 8.42 Å². The number of methoxy groups -OCH3 is 1. The van der Waals surface area contributed by atoms with Gasteiger partial charge in [0, 0.05) is 12.0 Å². The molecule has 0 aliphatic carbocycles. The van der Waals surface area contributed by atoms with Crippen molar-refractivity contribution >= 4 is 9.84 Å². The lowest BCUT2D eigenvalue weighted by Gasteiger charge is -2.29. The molecular formula is C12H17NO3S. The van der Waals surface area contributed by atoms with Crippen LogP contribution in [0.25, 0.3) is 0 Å². The lowest BCUT2D eigenvalue weighted by molar-refractivity contribution is 0.398. The van der Waals surface area contributed by atoms with Crippen molar-refractivity contribution in [3.8, 4) is 5.75 Å². The first-order valence-electron chi connectivity index (χ1n) is 5.62. The van der Waals surface area contributed by atoms with E-state index in [2.05, 4.69) is 0 Å². The highest BCUT2D eigenvalue weighted by molar-refractivity contribution is 7.91. The van der Waals surface area contributed by atoms with Crippen LogP contribution in [0.15, 0.2) is 24.3 Å². The monoisotopic (exact) mass is 255 g/mol. The van der Waals surface area contributed by atoms with Crippen LogP contribution >= 0.6 is 0 Å². The maximum absolute atomic E-state index is 11.5. The SMILES string of the molecule is COc1ccccc1C1CCS(=O)(=O)CC1N. The lowest BCUT2D eigenvalue weighted by atomic mass is 9.89. The zero-order valence-corrected chi connectivity index (χ0v) is 10.6. The number of hydrogen-bond donors (Lipinski definition) is 1. The van der Waals surface area contributed by atoms with Crippen molar-refractivity contribution < 1.29 is 13.2 Å². The van der Waals surface area contributed by atoms with E-state index in [0.29, 0.717) is 6.42 Å². The van der Waals surface area contributed by atoms with Crippen LogP contribution < -0.4 is 10.5 Å². The van der Waals surface area contributed by atoms with Gasteiger partial charge in [-0.05, 0) is 18.1 Å². The van der Waals surface area contributed by atoms with E-state index in [1.54, 1.807) is 7.11 Å². The summed E-state index contributed by atoms with van der Waals surface area (Å²) in [6.45, 7) is 0. The van der Waals surface area contributed by atoms with E-state index in [0.717, 1.165) is 11.3 Å². The molecule has 1 aromatic rings. The van der Waals surface area contributed by atoms with Gasteiger partial charge in [-0.2, -0.15) is 0 Å². The summed E-state index contributed by atoms with van der Waals surface area (Å²) in [5.74, 6) is 1.13. The van der Waals surface area contributed by atoms with E-state index in [-0.39, 0.29) is 23.5 Å². The molecule has 5 heteroatoms. The zero-order valence-electron chi connectivity index (χ0n) is 9.80. The van der Waals surface area contributed by atoms with Gasteiger partial charge in [0.05, 0.1) is 18.6 Å². The van der Waals surface area contributed by atoms with E-state index < -0.39 is 9.84 Å². The summed E-state index contributed by atoms with van der Waals surface area (Å²) in [6.07, 6.45) is 0.573. The number of para-hydroxylation sites is 1. The number of nitrogens with two attached hydrogens (primary N) is 1. The maximum Gasteiger partial charge on any atom is 0.151 e. The average molecular weight is 255 g/mol. The molecule has 1 aromatic carbocycles. The summed E-state index contributed by atoms with van der Waals surface area (Å²) in [4.78, 5) is 0. The van der Waals surface area contributed by atoms with Gasteiger partial charge in [-0.25, -0.2) is 8.42 Å². The van der Waals surface area contributed by atoms with Crippen LogP contribution in [-0.2, 0) is 9.84 Å². The number of benzene rings is 1. The molecule has 1 heterocycles. The first-order chi connectivity index (χ1) is 8.03. The van der Waals surface area contributed by atoms with Crippen LogP contribution in [0.2, 0.25) is 0 Å².